The summed E-state index contributed by atoms with van der Waals surface area (Å²) < 4.78 is 0. The molecule has 0 aromatic rings. The number of aliphatic hydroxyl groups is 1. The van der Waals surface area contributed by atoms with Crippen molar-refractivity contribution in [2.45, 2.75) is 23.6 Å². The summed E-state index contributed by atoms with van der Waals surface area (Å²) in [6.45, 7) is 0. The summed E-state index contributed by atoms with van der Waals surface area (Å²) in [5.74, 6) is -1.65. The number of nitrogens with zero attached hydrogens (tertiary/aromatic N) is 1. The molecular weight excluding hydrogens is 241 g/mol. The monoisotopic (exact) mass is 249 g/mol. The van der Waals surface area contributed by atoms with Crippen LogP contribution in [-0.2, 0) is 4.79 Å². The molecule has 0 radical (unpaired) electrons. The van der Waals surface area contributed by atoms with Gasteiger partial charge in [-0.15, -0.1) is 28.1 Å². The van der Waals surface area contributed by atoms with E-state index in [1.807, 2.05) is 0 Å². The average Bonchev–Trinajstić information content (AvgIpc) is 2.39. The number of ketones is 1. The van der Waals surface area contributed by atoms with Gasteiger partial charge in [0.2, 0.25) is 0 Å². The standard InChI is InChI=1S/C9H9Cl2NO3/c10-3-1-4-6(5(11)2-3)9(14)7(12-15)8(4)13/h3-6,13H,1-2H2. The van der Waals surface area contributed by atoms with E-state index in [-0.39, 0.29) is 16.8 Å². The number of carbonyl (C=O) groups excluding carboxylic acids is 1. The second kappa shape index (κ2) is 3.76. The van der Waals surface area contributed by atoms with Crippen LogP contribution in [0.4, 0.5) is 0 Å². The molecule has 6 heteroatoms. The fraction of sp³-hybridized carbons (Fsp3) is 0.667. The number of fused-ring (bicyclic) bond motifs is 1. The van der Waals surface area contributed by atoms with Gasteiger partial charge in [-0.1, -0.05) is 0 Å². The van der Waals surface area contributed by atoms with Gasteiger partial charge < -0.3 is 5.11 Å². The molecule has 1 saturated carbocycles. The molecule has 0 bridgehead atoms. The van der Waals surface area contributed by atoms with E-state index in [1.54, 1.807) is 0 Å². The molecule has 0 aromatic heterocycles. The summed E-state index contributed by atoms with van der Waals surface area (Å²) in [5, 5.41) is 11.6. The number of Topliss-reactive ketones (excluding diaryl/α,β-unsaturated/α-hetero) is 1. The minimum atomic E-state index is -0.533. The maximum Gasteiger partial charge on any atom is 0.193 e. The average molecular weight is 250 g/mol. The summed E-state index contributed by atoms with van der Waals surface area (Å²) in [6, 6.07) is 0. The normalized spacial score (nSPS) is 40.5. The Morgan fingerprint density at radius 3 is 2.60 bits per heavy atom. The van der Waals surface area contributed by atoms with Gasteiger partial charge in [0.1, 0.15) is 5.76 Å². The molecule has 1 fully saturated rings. The third-order valence-corrected chi connectivity index (χ3v) is 3.84. The van der Waals surface area contributed by atoms with E-state index in [0.717, 1.165) is 0 Å². The SMILES string of the molecule is O=NC1=C(O)C2CC(Cl)CC(Cl)C2C1=O. The number of halogens is 2. The lowest BCUT2D eigenvalue weighted by Gasteiger charge is -2.31. The second-order valence-electron chi connectivity index (χ2n) is 3.91. The van der Waals surface area contributed by atoms with Crippen LogP contribution in [-0.4, -0.2) is 21.6 Å². The summed E-state index contributed by atoms with van der Waals surface area (Å²) in [4.78, 5) is 22.1. The molecule has 0 aliphatic heterocycles. The van der Waals surface area contributed by atoms with Crippen molar-refractivity contribution >= 4 is 29.0 Å². The molecule has 0 spiro atoms. The zero-order chi connectivity index (χ0) is 11.2. The van der Waals surface area contributed by atoms with Crippen molar-refractivity contribution in [1.82, 2.24) is 0 Å². The predicted octanol–water partition coefficient (Wildman–Crippen LogP) is 2.35. The lowest BCUT2D eigenvalue weighted by atomic mass is 9.79. The summed E-state index contributed by atoms with van der Waals surface area (Å²) >= 11 is 12.0. The highest BCUT2D eigenvalue weighted by Crippen LogP contribution is 2.46. The van der Waals surface area contributed by atoms with Crippen molar-refractivity contribution < 1.29 is 9.90 Å². The van der Waals surface area contributed by atoms with Gasteiger partial charge in [-0.2, -0.15) is 0 Å². The molecule has 2 aliphatic rings. The van der Waals surface area contributed by atoms with Gasteiger partial charge in [-0.3, -0.25) is 4.79 Å². The Bertz CT molecular complexity index is 355. The van der Waals surface area contributed by atoms with Crippen molar-refractivity contribution in [3.05, 3.63) is 16.4 Å². The smallest absolute Gasteiger partial charge is 0.193 e. The van der Waals surface area contributed by atoms with E-state index < -0.39 is 23.0 Å². The number of hydrogen-bond donors (Lipinski definition) is 1. The van der Waals surface area contributed by atoms with Crippen molar-refractivity contribution in [2.24, 2.45) is 17.0 Å². The Morgan fingerprint density at radius 1 is 1.33 bits per heavy atom. The van der Waals surface area contributed by atoms with Crippen LogP contribution in [0.15, 0.2) is 16.6 Å². The summed E-state index contributed by atoms with van der Waals surface area (Å²) in [5.41, 5.74) is -0.374. The Labute approximate surface area is 96.2 Å². The molecule has 2 aliphatic carbocycles. The van der Waals surface area contributed by atoms with Gasteiger partial charge in [-0.25, -0.2) is 0 Å². The van der Waals surface area contributed by atoms with Crippen molar-refractivity contribution in [1.29, 1.82) is 0 Å². The second-order valence-corrected chi connectivity index (χ2v) is 5.08. The molecule has 0 amide bonds. The van der Waals surface area contributed by atoms with E-state index >= 15 is 0 Å². The Balaban J connectivity index is 2.36. The van der Waals surface area contributed by atoms with Crippen LogP contribution in [0.2, 0.25) is 0 Å². The van der Waals surface area contributed by atoms with E-state index in [4.69, 9.17) is 23.2 Å². The largest absolute Gasteiger partial charge is 0.509 e. The number of nitroso groups, excluding NO2 is 1. The topological polar surface area (TPSA) is 66.7 Å². The molecule has 4 nitrogen and oxygen atoms in total. The van der Waals surface area contributed by atoms with Gasteiger partial charge >= 0.3 is 0 Å². The van der Waals surface area contributed by atoms with Crippen LogP contribution >= 0.6 is 23.2 Å². The Kier molecular flexibility index (Phi) is 2.73. The summed E-state index contributed by atoms with van der Waals surface area (Å²) in [7, 11) is 0. The molecule has 15 heavy (non-hydrogen) atoms. The third kappa shape index (κ3) is 1.56. The number of carbonyl (C=O) groups is 1. The highest BCUT2D eigenvalue weighted by molar-refractivity contribution is 6.25. The molecular formula is C9H9Cl2NO3. The molecule has 82 valence electrons. The van der Waals surface area contributed by atoms with Crippen LogP contribution in [0.5, 0.6) is 0 Å². The van der Waals surface area contributed by atoms with Crippen LogP contribution < -0.4 is 0 Å². The highest BCUT2D eigenvalue weighted by Gasteiger charge is 2.50. The first-order chi connectivity index (χ1) is 7.06. The highest BCUT2D eigenvalue weighted by atomic mass is 35.5. The fourth-order valence-electron chi connectivity index (χ4n) is 2.34. The van der Waals surface area contributed by atoms with E-state index in [0.29, 0.717) is 12.8 Å². The number of aliphatic hydroxyl groups excluding tert-OH is 1. The first-order valence-electron chi connectivity index (χ1n) is 4.65. The van der Waals surface area contributed by atoms with Gasteiger partial charge in [0.15, 0.2) is 11.5 Å². The number of alkyl halides is 2. The first kappa shape index (κ1) is 10.9. The lowest BCUT2D eigenvalue weighted by Crippen LogP contribution is -2.35. The van der Waals surface area contributed by atoms with E-state index in [2.05, 4.69) is 5.18 Å². The molecule has 1 N–H and O–H groups in total. The van der Waals surface area contributed by atoms with Crippen LogP contribution in [0.3, 0.4) is 0 Å². The molecule has 0 heterocycles. The van der Waals surface area contributed by atoms with Crippen LogP contribution in [0.1, 0.15) is 12.8 Å². The maximum absolute atomic E-state index is 11.7. The number of allylic oxidation sites excluding steroid dienone is 2. The van der Waals surface area contributed by atoms with Gasteiger partial charge in [-0.05, 0) is 18.0 Å². The predicted molar refractivity (Wildman–Crippen MR) is 56.0 cm³/mol. The van der Waals surface area contributed by atoms with Crippen molar-refractivity contribution in [2.75, 3.05) is 0 Å². The minimum absolute atomic E-state index is 0.172. The quantitative estimate of drug-likeness (QED) is 0.573. The maximum atomic E-state index is 11.7. The summed E-state index contributed by atoms with van der Waals surface area (Å²) in [6.07, 6.45) is 0.974. The Morgan fingerprint density at radius 2 is 2.00 bits per heavy atom. The Hall–Kier alpha value is -0.610. The molecule has 0 aromatic carbocycles. The van der Waals surface area contributed by atoms with Gasteiger partial charge in [0, 0.05) is 16.7 Å². The molecule has 2 rings (SSSR count). The van der Waals surface area contributed by atoms with Crippen LogP contribution in [0.25, 0.3) is 0 Å². The van der Waals surface area contributed by atoms with E-state index in [1.165, 1.54) is 0 Å². The van der Waals surface area contributed by atoms with Crippen molar-refractivity contribution in [3.63, 3.8) is 0 Å². The lowest BCUT2D eigenvalue weighted by molar-refractivity contribution is -0.119. The van der Waals surface area contributed by atoms with E-state index in [9.17, 15) is 14.8 Å². The minimum Gasteiger partial charge on any atom is -0.509 e. The molecule has 0 saturated heterocycles. The molecule has 4 atom stereocenters. The fourth-order valence-corrected chi connectivity index (χ4v) is 3.32. The van der Waals surface area contributed by atoms with Crippen molar-refractivity contribution in [3.8, 4) is 0 Å². The van der Waals surface area contributed by atoms with Crippen LogP contribution in [0, 0.1) is 16.7 Å². The van der Waals surface area contributed by atoms with Gasteiger partial charge in [0.25, 0.3) is 0 Å². The zero-order valence-corrected chi connectivity index (χ0v) is 9.20. The third-order valence-electron chi connectivity index (χ3n) is 3.04. The number of rotatable bonds is 1. The zero-order valence-electron chi connectivity index (χ0n) is 7.69. The molecule has 4 unspecified atom stereocenters. The van der Waals surface area contributed by atoms with Gasteiger partial charge in [0.05, 0.1) is 5.92 Å². The first-order valence-corrected chi connectivity index (χ1v) is 5.52. The number of hydrogen-bond acceptors (Lipinski definition) is 4.